The van der Waals surface area contributed by atoms with Gasteiger partial charge in [0.1, 0.15) is 10.4 Å². The van der Waals surface area contributed by atoms with Gasteiger partial charge in [-0.25, -0.2) is 22.2 Å². The minimum atomic E-state index is -4.06. The molecule has 1 aromatic heterocycles. The molecule has 0 unspecified atom stereocenters. The van der Waals surface area contributed by atoms with Crippen molar-refractivity contribution in [2.45, 2.75) is 11.3 Å². The van der Waals surface area contributed by atoms with Gasteiger partial charge in [-0.05, 0) is 23.7 Å². The Balaban J connectivity index is 2.89. The molecule has 17 heavy (non-hydrogen) atoms. The Kier molecular flexibility index (Phi) is 3.01. The number of hydrogen-bond donors (Lipinski definition) is 1. The molecule has 0 saturated heterocycles. The standard InChI is InChI=1S/C8H4Cl2F2N2O2S/c9-8-13-5-3(7(11)12)1-2-4(6(5)14-8)17(10,15)16/h1-2,7H,(H,13,14). The first-order chi connectivity index (χ1) is 7.80. The molecule has 2 rings (SSSR count). The summed E-state index contributed by atoms with van der Waals surface area (Å²) >= 11 is 5.53. The number of aromatic nitrogens is 2. The zero-order valence-electron chi connectivity index (χ0n) is 7.92. The number of benzene rings is 1. The van der Waals surface area contributed by atoms with Crippen LogP contribution in [0, 0.1) is 0 Å². The molecule has 1 heterocycles. The normalized spacial score (nSPS) is 12.5. The Morgan fingerprint density at radius 1 is 1.35 bits per heavy atom. The molecular formula is C8H4Cl2F2N2O2S. The van der Waals surface area contributed by atoms with Crippen LogP contribution in [-0.4, -0.2) is 18.4 Å². The van der Waals surface area contributed by atoms with Crippen molar-refractivity contribution in [3.63, 3.8) is 0 Å². The van der Waals surface area contributed by atoms with E-state index < -0.39 is 21.0 Å². The summed E-state index contributed by atoms with van der Waals surface area (Å²) in [6.07, 6.45) is -2.79. The van der Waals surface area contributed by atoms with Gasteiger partial charge in [0.25, 0.3) is 15.5 Å². The molecule has 0 amide bonds. The van der Waals surface area contributed by atoms with Crippen LogP contribution in [0.2, 0.25) is 5.28 Å². The van der Waals surface area contributed by atoms with Crippen molar-refractivity contribution in [2.75, 3.05) is 0 Å². The Hall–Kier alpha value is -0.920. The highest BCUT2D eigenvalue weighted by atomic mass is 35.7. The fourth-order valence-electron chi connectivity index (χ4n) is 1.44. The summed E-state index contributed by atoms with van der Waals surface area (Å²) in [5.74, 6) is 0. The zero-order valence-corrected chi connectivity index (χ0v) is 10.2. The molecule has 4 nitrogen and oxygen atoms in total. The number of aromatic amines is 1. The maximum Gasteiger partial charge on any atom is 0.266 e. The second-order valence-electron chi connectivity index (χ2n) is 3.14. The maximum atomic E-state index is 12.7. The van der Waals surface area contributed by atoms with Crippen molar-refractivity contribution >= 4 is 42.4 Å². The van der Waals surface area contributed by atoms with E-state index in [1.807, 2.05) is 0 Å². The first-order valence-corrected chi connectivity index (χ1v) is 6.90. The molecule has 0 atom stereocenters. The summed E-state index contributed by atoms with van der Waals surface area (Å²) in [6, 6.07) is 1.94. The van der Waals surface area contributed by atoms with E-state index in [1.165, 1.54) is 0 Å². The van der Waals surface area contributed by atoms with Gasteiger partial charge in [0.15, 0.2) is 0 Å². The van der Waals surface area contributed by atoms with Crippen molar-refractivity contribution in [2.24, 2.45) is 0 Å². The fourth-order valence-corrected chi connectivity index (χ4v) is 2.63. The molecule has 1 aromatic carbocycles. The third-order valence-electron chi connectivity index (χ3n) is 2.11. The van der Waals surface area contributed by atoms with E-state index in [4.69, 9.17) is 22.3 Å². The van der Waals surface area contributed by atoms with Gasteiger partial charge >= 0.3 is 0 Å². The summed E-state index contributed by atoms with van der Waals surface area (Å²) in [4.78, 5) is 5.67. The topological polar surface area (TPSA) is 62.8 Å². The molecule has 0 saturated carbocycles. The fraction of sp³-hybridized carbons (Fsp3) is 0.125. The predicted octanol–water partition coefficient (Wildman–Crippen LogP) is 3.08. The lowest BCUT2D eigenvalue weighted by atomic mass is 10.2. The number of hydrogen-bond acceptors (Lipinski definition) is 3. The van der Waals surface area contributed by atoms with E-state index in [2.05, 4.69) is 9.97 Å². The zero-order chi connectivity index (χ0) is 12.8. The van der Waals surface area contributed by atoms with Gasteiger partial charge in [0, 0.05) is 16.2 Å². The average molecular weight is 301 g/mol. The molecule has 0 bridgehead atoms. The minimum absolute atomic E-state index is 0.122. The lowest BCUT2D eigenvalue weighted by molar-refractivity contribution is 0.153. The largest absolute Gasteiger partial charge is 0.327 e. The van der Waals surface area contributed by atoms with E-state index in [0.717, 1.165) is 12.1 Å². The Morgan fingerprint density at radius 3 is 2.53 bits per heavy atom. The molecular weight excluding hydrogens is 297 g/mol. The molecule has 0 radical (unpaired) electrons. The van der Waals surface area contributed by atoms with Crippen molar-refractivity contribution in [1.29, 1.82) is 0 Å². The van der Waals surface area contributed by atoms with E-state index in [0.29, 0.717) is 0 Å². The highest BCUT2D eigenvalue weighted by Gasteiger charge is 2.22. The van der Waals surface area contributed by atoms with Gasteiger partial charge in [-0.15, -0.1) is 0 Å². The van der Waals surface area contributed by atoms with E-state index in [1.54, 1.807) is 0 Å². The van der Waals surface area contributed by atoms with Crippen LogP contribution in [0.1, 0.15) is 12.0 Å². The summed E-state index contributed by atoms with van der Waals surface area (Å²) in [7, 11) is 1.11. The van der Waals surface area contributed by atoms with E-state index in [-0.39, 0.29) is 21.2 Å². The summed E-state index contributed by atoms with van der Waals surface area (Å²) in [5, 5.41) is -0.185. The van der Waals surface area contributed by atoms with Crippen LogP contribution in [0.4, 0.5) is 8.78 Å². The van der Waals surface area contributed by atoms with Crippen LogP contribution in [0.25, 0.3) is 11.0 Å². The second-order valence-corrected chi connectivity index (χ2v) is 6.04. The van der Waals surface area contributed by atoms with Crippen LogP contribution in [0.5, 0.6) is 0 Å². The van der Waals surface area contributed by atoms with Gasteiger partial charge in [-0.3, -0.25) is 0 Å². The monoisotopic (exact) mass is 300 g/mol. The van der Waals surface area contributed by atoms with Gasteiger partial charge in [-0.1, -0.05) is 0 Å². The SMILES string of the molecule is O=S(=O)(Cl)c1ccc(C(F)F)c2nc(Cl)[nH]c12. The average Bonchev–Trinajstić information content (AvgIpc) is 2.54. The second kappa shape index (κ2) is 4.08. The number of rotatable bonds is 2. The molecule has 0 fully saturated rings. The van der Waals surface area contributed by atoms with Crippen LogP contribution in [0.3, 0.4) is 0 Å². The minimum Gasteiger partial charge on any atom is -0.327 e. The molecule has 0 aliphatic heterocycles. The number of nitrogens with zero attached hydrogens (tertiary/aromatic N) is 1. The highest BCUT2D eigenvalue weighted by molar-refractivity contribution is 8.14. The third kappa shape index (κ3) is 2.22. The first-order valence-electron chi connectivity index (χ1n) is 4.21. The predicted molar refractivity (Wildman–Crippen MR) is 59.1 cm³/mol. The van der Waals surface area contributed by atoms with Crippen LogP contribution in [0.15, 0.2) is 17.0 Å². The Morgan fingerprint density at radius 2 is 2.00 bits per heavy atom. The summed E-state index contributed by atoms with van der Waals surface area (Å²) < 4.78 is 47.8. The lowest BCUT2D eigenvalue weighted by Crippen LogP contribution is -1.95. The summed E-state index contributed by atoms with van der Waals surface area (Å²) in [5.41, 5.74) is -0.734. The number of fused-ring (bicyclic) bond motifs is 1. The number of alkyl halides is 2. The first kappa shape index (κ1) is 12.5. The smallest absolute Gasteiger partial charge is 0.266 e. The molecule has 0 aliphatic rings. The molecule has 9 heteroatoms. The molecule has 0 aliphatic carbocycles. The van der Waals surface area contributed by atoms with Crippen molar-refractivity contribution in [3.8, 4) is 0 Å². The quantitative estimate of drug-likeness (QED) is 0.867. The third-order valence-corrected chi connectivity index (χ3v) is 3.65. The van der Waals surface area contributed by atoms with Gasteiger partial charge in [-0.2, -0.15) is 0 Å². The molecule has 92 valence electrons. The van der Waals surface area contributed by atoms with Gasteiger partial charge in [0.05, 0.1) is 5.52 Å². The molecule has 1 N–H and O–H groups in total. The van der Waals surface area contributed by atoms with Crippen LogP contribution < -0.4 is 0 Å². The van der Waals surface area contributed by atoms with E-state index >= 15 is 0 Å². The molecule has 2 aromatic rings. The number of imidazole rings is 1. The lowest BCUT2D eigenvalue weighted by Gasteiger charge is -2.03. The van der Waals surface area contributed by atoms with Crippen molar-refractivity contribution in [3.05, 3.63) is 23.0 Å². The van der Waals surface area contributed by atoms with Crippen LogP contribution in [-0.2, 0) is 9.05 Å². The number of nitrogens with one attached hydrogen (secondary N) is 1. The van der Waals surface area contributed by atoms with Gasteiger partial charge < -0.3 is 4.98 Å². The molecule has 0 spiro atoms. The number of H-pyrrole nitrogens is 1. The Labute approximate surface area is 104 Å². The van der Waals surface area contributed by atoms with Crippen molar-refractivity contribution < 1.29 is 17.2 Å². The maximum absolute atomic E-state index is 12.7. The van der Waals surface area contributed by atoms with Gasteiger partial charge in [0.2, 0.25) is 5.28 Å². The highest BCUT2D eigenvalue weighted by Crippen LogP contribution is 2.32. The summed E-state index contributed by atoms with van der Waals surface area (Å²) in [6.45, 7) is 0. The van der Waals surface area contributed by atoms with Crippen molar-refractivity contribution in [1.82, 2.24) is 9.97 Å². The number of halogens is 4. The Bertz CT molecular complexity index is 684. The van der Waals surface area contributed by atoms with Crippen LogP contribution >= 0.6 is 22.3 Å². The van der Waals surface area contributed by atoms with E-state index in [9.17, 15) is 17.2 Å².